The fraction of sp³-hybridized carbons (Fsp3) is 0.500. The van der Waals surface area contributed by atoms with Crippen LogP contribution in [-0.4, -0.2) is 19.8 Å². The molecule has 0 aliphatic carbocycles. The Morgan fingerprint density at radius 3 is 2.88 bits per heavy atom. The molecule has 5 heteroatoms. The van der Waals surface area contributed by atoms with E-state index >= 15 is 0 Å². The Bertz CT molecular complexity index is 425. The summed E-state index contributed by atoms with van der Waals surface area (Å²) >= 11 is 5.85. The van der Waals surface area contributed by atoms with Crippen molar-refractivity contribution in [1.82, 2.24) is 0 Å². The highest BCUT2D eigenvalue weighted by molar-refractivity contribution is 6.31. The topological polar surface area (TPSA) is 44.5 Å². The summed E-state index contributed by atoms with van der Waals surface area (Å²) in [5.41, 5.74) is 5.97. The lowest BCUT2D eigenvalue weighted by Gasteiger charge is -2.24. The number of hydrogen-bond donors (Lipinski definition) is 1. The number of halogens is 2. The summed E-state index contributed by atoms with van der Waals surface area (Å²) in [5.74, 6) is 0.506. The van der Waals surface area contributed by atoms with Gasteiger partial charge in [-0.15, -0.1) is 0 Å². The molecule has 17 heavy (non-hydrogen) atoms. The van der Waals surface area contributed by atoms with Gasteiger partial charge >= 0.3 is 0 Å². The minimum absolute atomic E-state index is 0.0471. The third-order valence-electron chi connectivity index (χ3n) is 2.85. The van der Waals surface area contributed by atoms with Gasteiger partial charge in [0.05, 0.1) is 5.02 Å². The molecule has 1 aromatic carbocycles. The molecule has 0 spiro atoms. The van der Waals surface area contributed by atoms with Crippen molar-refractivity contribution >= 4 is 11.6 Å². The molecule has 0 radical (unpaired) electrons. The number of benzene rings is 1. The zero-order chi connectivity index (χ0) is 12.4. The van der Waals surface area contributed by atoms with Crippen molar-refractivity contribution < 1.29 is 13.9 Å². The van der Waals surface area contributed by atoms with Crippen LogP contribution in [0.25, 0.3) is 0 Å². The van der Waals surface area contributed by atoms with E-state index in [4.69, 9.17) is 26.8 Å². The molecule has 1 unspecified atom stereocenters. The average molecular weight is 260 g/mol. The van der Waals surface area contributed by atoms with Gasteiger partial charge in [-0.1, -0.05) is 18.5 Å². The summed E-state index contributed by atoms with van der Waals surface area (Å²) in [6.45, 7) is 3.28. The van der Waals surface area contributed by atoms with Crippen LogP contribution in [0.2, 0.25) is 5.02 Å². The summed E-state index contributed by atoms with van der Waals surface area (Å²) in [6.07, 6.45) is 0.674. The van der Waals surface area contributed by atoms with Gasteiger partial charge in [-0.25, -0.2) is 4.39 Å². The van der Waals surface area contributed by atoms with Gasteiger partial charge in [0.25, 0.3) is 0 Å². The van der Waals surface area contributed by atoms with Crippen LogP contribution in [-0.2, 0) is 0 Å². The summed E-state index contributed by atoms with van der Waals surface area (Å²) in [4.78, 5) is 0. The van der Waals surface area contributed by atoms with Gasteiger partial charge in [-0.2, -0.15) is 0 Å². The number of ether oxygens (including phenoxy) is 2. The molecule has 0 fully saturated rings. The lowest BCUT2D eigenvalue weighted by atomic mass is 9.95. The van der Waals surface area contributed by atoms with E-state index in [1.165, 1.54) is 6.07 Å². The third kappa shape index (κ3) is 2.33. The third-order valence-corrected chi connectivity index (χ3v) is 3.13. The van der Waals surface area contributed by atoms with Gasteiger partial charge < -0.3 is 15.2 Å². The van der Waals surface area contributed by atoms with E-state index in [-0.39, 0.29) is 10.9 Å². The first-order valence-electron chi connectivity index (χ1n) is 5.62. The zero-order valence-electron chi connectivity index (χ0n) is 9.63. The molecule has 3 nitrogen and oxygen atoms in total. The van der Waals surface area contributed by atoms with Gasteiger partial charge in [0, 0.05) is 11.6 Å². The monoisotopic (exact) mass is 259 g/mol. The number of nitrogens with two attached hydrogens (primary N) is 1. The Labute approximate surface area is 105 Å². The van der Waals surface area contributed by atoms with Crippen molar-refractivity contribution in [2.75, 3.05) is 19.8 Å². The minimum atomic E-state index is -0.433. The summed E-state index contributed by atoms with van der Waals surface area (Å²) in [7, 11) is 0. The van der Waals surface area contributed by atoms with Crippen molar-refractivity contribution in [3.05, 3.63) is 22.5 Å². The number of fused-ring (bicyclic) bond motifs is 1. The van der Waals surface area contributed by atoms with Gasteiger partial charge in [-0.05, 0) is 18.9 Å². The molecular weight excluding hydrogens is 245 g/mol. The highest BCUT2D eigenvalue weighted by Crippen LogP contribution is 2.43. The minimum Gasteiger partial charge on any atom is -0.486 e. The van der Waals surface area contributed by atoms with Gasteiger partial charge in [-0.3, -0.25) is 0 Å². The van der Waals surface area contributed by atoms with Crippen molar-refractivity contribution in [2.45, 2.75) is 19.3 Å². The van der Waals surface area contributed by atoms with Crippen molar-refractivity contribution in [3.63, 3.8) is 0 Å². The van der Waals surface area contributed by atoms with Gasteiger partial charge in [0.1, 0.15) is 19.0 Å². The first-order chi connectivity index (χ1) is 8.15. The quantitative estimate of drug-likeness (QED) is 0.908. The van der Waals surface area contributed by atoms with Crippen molar-refractivity contribution in [2.24, 2.45) is 5.73 Å². The second kappa shape index (κ2) is 5.10. The summed E-state index contributed by atoms with van der Waals surface area (Å²) < 4.78 is 25.0. The number of rotatable bonds is 3. The van der Waals surface area contributed by atoms with Crippen molar-refractivity contribution in [1.29, 1.82) is 0 Å². The van der Waals surface area contributed by atoms with E-state index in [0.29, 0.717) is 43.2 Å². The van der Waals surface area contributed by atoms with E-state index < -0.39 is 5.82 Å². The average Bonchev–Trinajstić information content (AvgIpc) is 2.31. The summed E-state index contributed by atoms with van der Waals surface area (Å²) in [6, 6.07) is 1.46. The maximum atomic E-state index is 14.1. The highest BCUT2D eigenvalue weighted by Gasteiger charge is 2.25. The maximum absolute atomic E-state index is 14.1. The molecule has 2 N–H and O–H groups in total. The molecule has 1 heterocycles. The zero-order valence-corrected chi connectivity index (χ0v) is 10.4. The molecule has 1 aliphatic heterocycles. The molecule has 94 valence electrons. The second-order valence-electron chi connectivity index (χ2n) is 4.09. The van der Waals surface area contributed by atoms with E-state index in [1.54, 1.807) is 0 Å². The van der Waals surface area contributed by atoms with Gasteiger partial charge in [0.2, 0.25) is 0 Å². The van der Waals surface area contributed by atoms with Crippen LogP contribution in [0.4, 0.5) is 4.39 Å². The van der Waals surface area contributed by atoms with Crippen LogP contribution in [0.5, 0.6) is 11.5 Å². The maximum Gasteiger partial charge on any atom is 0.167 e. The van der Waals surface area contributed by atoms with Crippen LogP contribution < -0.4 is 15.2 Å². The first kappa shape index (κ1) is 12.5. The predicted octanol–water partition coefficient (Wildman–Crippen LogP) is 2.70. The largest absolute Gasteiger partial charge is 0.486 e. The molecule has 0 bridgehead atoms. The Hall–Kier alpha value is -1.00. The SMILES string of the molecule is CC(CCN)c1c(F)c(Cl)cc2c1OCCO2. The van der Waals surface area contributed by atoms with Crippen molar-refractivity contribution in [3.8, 4) is 11.5 Å². The molecular formula is C12H15ClFNO2. The summed E-state index contributed by atoms with van der Waals surface area (Å²) in [5, 5.41) is 0.0631. The molecule has 1 atom stereocenters. The Morgan fingerprint density at radius 2 is 2.18 bits per heavy atom. The second-order valence-corrected chi connectivity index (χ2v) is 4.50. The fourth-order valence-corrected chi connectivity index (χ4v) is 2.19. The van der Waals surface area contributed by atoms with Crippen LogP contribution in [0.15, 0.2) is 6.07 Å². The Kier molecular flexibility index (Phi) is 3.74. The van der Waals surface area contributed by atoms with Crippen LogP contribution in [0.3, 0.4) is 0 Å². The molecule has 0 aromatic heterocycles. The normalized spacial score (nSPS) is 15.8. The Morgan fingerprint density at radius 1 is 1.47 bits per heavy atom. The van der Waals surface area contributed by atoms with E-state index in [1.807, 2.05) is 6.92 Å². The fourth-order valence-electron chi connectivity index (χ4n) is 1.99. The molecule has 2 rings (SSSR count). The lowest BCUT2D eigenvalue weighted by molar-refractivity contribution is 0.168. The number of hydrogen-bond acceptors (Lipinski definition) is 3. The van der Waals surface area contributed by atoms with Crippen LogP contribution >= 0.6 is 11.6 Å². The smallest absolute Gasteiger partial charge is 0.167 e. The standard InChI is InChI=1S/C12H15ClFNO2/c1-7(2-3-15)10-11(14)8(13)6-9-12(10)17-5-4-16-9/h6-7H,2-5,15H2,1H3. The molecule has 1 aromatic rings. The van der Waals surface area contributed by atoms with Crippen LogP contribution in [0, 0.1) is 5.82 Å². The Balaban J connectivity index is 2.50. The van der Waals surface area contributed by atoms with Crippen LogP contribution in [0.1, 0.15) is 24.8 Å². The van der Waals surface area contributed by atoms with E-state index in [9.17, 15) is 4.39 Å². The predicted molar refractivity (Wildman–Crippen MR) is 64.5 cm³/mol. The molecule has 1 aliphatic rings. The first-order valence-corrected chi connectivity index (χ1v) is 6.00. The van der Waals surface area contributed by atoms with E-state index in [0.717, 1.165) is 0 Å². The molecule has 0 saturated carbocycles. The lowest BCUT2D eigenvalue weighted by Crippen LogP contribution is -2.18. The highest BCUT2D eigenvalue weighted by atomic mass is 35.5. The van der Waals surface area contributed by atoms with E-state index in [2.05, 4.69) is 0 Å². The molecule has 0 saturated heterocycles. The molecule has 0 amide bonds. The van der Waals surface area contributed by atoms with Gasteiger partial charge in [0.15, 0.2) is 11.5 Å².